The number of rotatable bonds is 6. The standard InChI is InChI=1S/C14H15N5O2S/c1-2-19-8-11(6-16-19)14-17-13(21-18-14)7-15-12(20)5-10-3-4-22-9-10/h3-4,6,8-9H,2,5,7H2,1H3,(H,15,20). The van der Waals surface area contributed by atoms with Gasteiger partial charge in [0.1, 0.15) is 0 Å². The van der Waals surface area contributed by atoms with Crippen LogP contribution in [0.5, 0.6) is 0 Å². The molecule has 0 saturated heterocycles. The Labute approximate surface area is 131 Å². The second kappa shape index (κ2) is 6.52. The van der Waals surface area contributed by atoms with Gasteiger partial charge in [0.25, 0.3) is 0 Å². The van der Waals surface area contributed by atoms with Crippen molar-refractivity contribution >= 4 is 17.2 Å². The zero-order valence-corrected chi connectivity index (χ0v) is 12.8. The van der Waals surface area contributed by atoms with Gasteiger partial charge in [-0.15, -0.1) is 0 Å². The third-order valence-electron chi connectivity index (χ3n) is 3.07. The van der Waals surface area contributed by atoms with Crippen molar-refractivity contribution in [2.45, 2.75) is 26.4 Å². The monoisotopic (exact) mass is 317 g/mol. The fourth-order valence-electron chi connectivity index (χ4n) is 1.91. The van der Waals surface area contributed by atoms with Gasteiger partial charge >= 0.3 is 0 Å². The first-order chi connectivity index (χ1) is 10.7. The summed E-state index contributed by atoms with van der Waals surface area (Å²) in [7, 11) is 0. The van der Waals surface area contributed by atoms with Crippen LogP contribution < -0.4 is 5.32 Å². The zero-order chi connectivity index (χ0) is 15.4. The molecule has 0 aromatic carbocycles. The predicted molar refractivity (Wildman–Crippen MR) is 81.1 cm³/mol. The number of amides is 1. The Balaban J connectivity index is 1.56. The van der Waals surface area contributed by atoms with E-state index in [0.717, 1.165) is 17.7 Å². The van der Waals surface area contributed by atoms with Crippen LogP contribution in [0.15, 0.2) is 33.7 Å². The summed E-state index contributed by atoms with van der Waals surface area (Å²) in [6.07, 6.45) is 3.89. The minimum atomic E-state index is -0.0723. The van der Waals surface area contributed by atoms with Crippen molar-refractivity contribution in [3.8, 4) is 11.4 Å². The van der Waals surface area contributed by atoms with Crippen molar-refractivity contribution in [1.82, 2.24) is 25.2 Å². The van der Waals surface area contributed by atoms with Crippen LogP contribution in [0.25, 0.3) is 11.4 Å². The Kier molecular flexibility index (Phi) is 4.29. The van der Waals surface area contributed by atoms with Crippen LogP contribution in [0, 0.1) is 0 Å². The first-order valence-corrected chi connectivity index (χ1v) is 7.82. The number of thiophene rings is 1. The van der Waals surface area contributed by atoms with Gasteiger partial charge in [0.15, 0.2) is 0 Å². The van der Waals surface area contributed by atoms with Gasteiger partial charge in [-0.05, 0) is 29.3 Å². The van der Waals surface area contributed by atoms with Crippen molar-refractivity contribution in [2.24, 2.45) is 0 Å². The molecule has 0 bridgehead atoms. The van der Waals surface area contributed by atoms with Crippen LogP contribution in [0.3, 0.4) is 0 Å². The largest absolute Gasteiger partial charge is 0.347 e. The summed E-state index contributed by atoms with van der Waals surface area (Å²) in [4.78, 5) is 16.0. The van der Waals surface area contributed by atoms with E-state index >= 15 is 0 Å². The molecule has 3 heterocycles. The zero-order valence-electron chi connectivity index (χ0n) is 12.0. The molecule has 0 aliphatic carbocycles. The van der Waals surface area contributed by atoms with E-state index in [1.807, 2.05) is 29.9 Å². The molecule has 1 amide bonds. The summed E-state index contributed by atoms with van der Waals surface area (Å²) in [6.45, 7) is 3.00. The summed E-state index contributed by atoms with van der Waals surface area (Å²) in [6, 6.07) is 1.93. The van der Waals surface area contributed by atoms with Gasteiger partial charge in [0, 0.05) is 12.7 Å². The van der Waals surface area contributed by atoms with E-state index < -0.39 is 0 Å². The molecule has 22 heavy (non-hydrogen) atoms. The molecule has 1 N–H and O–H groups in total. The summed E-state index contributed by atoms with van der Waals surface area (Å²) in [5.41, 5.74) is 1.79. The van der Waals surface area contributed by atoms with Gasteiger partial charge in [0.2, 0.25) is 17.6 Å². The predicted octanol–water partition coefficient (Wildman–Crippen LogP) is 1.87. The van der Waals surface area contributed by atoms with Crippen LogP contribution in [0.1, 0.15) is 18.4 Å². The maximum Gasteiger partial charge on any atom is 0.246 e. The quantitative estimate of drug-likeness (QED) is 0.750. The number of hydrogen-bond acceptors (Lipinski definition) is 6. The lowest BCUT2D eigenvalue weighted by Gasteiger charge is -2.00. The van der Waals surface area contributed by atoms with E-state index in [4.69, 9.17) is 4.52 Å². The molecule has 8 heteroatoms. The van der Waals surface area contributed by atoms with Gasteiger partial charge in [-0.3, -0.25) is 9.48 Å². The highest BCUT2D eigenvalue weighted by Crippen LogP contribution is 2.14. The average molecular weight is 317 g/mol. The van der Waals surface area contributed by atoms with Gasteiger partial charge in [0.05, 0.1) is 24.7 Å². The number of hydrogen-bond donors (Lipinski definition) is 1. The second-order valence-electron chi connectivity index (χ2n) is 4.68. The van der Waals surface area contributed by atoms with Gasteiger partial charge < -0.3 is 9.84 Å². The van der Waals surface area contributed by atoms with Crippen molar-refractivity contribution in [3.05, 3.63) is 40.7 Å². The van der Waals surface area contributed by atoms with E-state index in [1.54, 1.807) is 22.2 Å². The van der Waals surface area contributed by atoms with Crippen molar-refractivity contribution in [1.29, 1.82) is 0 Å². The Morgan fingerprint density at radius 2 is 2.41 bits per heavy atom. The first kappa shape index (κ1) is 14.5. The summed E-state index contributed by atoms with van der Waals surface area (Å²) in [5.74, 6) is 0.775. The molecule has 0 saturated carbocycles. The van der Waals surface area contributed by atoms with Crippen molar-refractivity contribution < 1.29 is 9.32 Å². The van der Waals surface area contributed by atoms with Crippen LogP contribution in [0.4, 0.5) is 0 Å². The molecule has 0 fully saturated rings. The molecule has 0 aliphatic rings. The molecule has 3 aromatic heterocycles. The van der Waals surface area contributed by atoms with Crippen LogP contribution in [0.2, 0.25) is 0 Å². The van der Waals surface area contributed by atoms with Crippen molar-refractivity contribution in [2.75, 3.05) is 0 Å². The number of aryl methyl sites for hydroxylation is 1. The average Bonchev–Trinajstić information content (AvgIpc) is 3.25. The molecule has 3 aromatic rings. The molecule has 3 rings (SSSR count). The van der Waals surface area contributed by atoms with Gasteiger partial charge in [-0.1, -0.05) is 5.16 Å². The minimum Gasteiger partial charge on any atom is -0.347 e. The second-order valence-corrected chi connectivity index (χ2v) is 5.46. The van der Waals surface area contributed by atoms with Crippen LogP contribution in [-0.2, 0) is 24.3 Å². The molecule has 0 atom stereocenters. The fourth-order valence-corrected chi connectivity index (χ4v) is 2.58. The lowest BCUT2D eigenvalue weighted by molar-refractivity contribution is -0.120. The Morgan fingerprint density at radius 1 is 1.50 bits per heavy atom. The van der Waals surface area contributed by atoms with E-state index in [2.05, 4.69) is 20.6 Å². The van der Waals surface area contributed by atoms with E-state index in [9.17, 15) is 4.79 Å². The minimum absolute atomic E-state index is 0.0723. The number of nitrogens with one attached hydrogen (secondary N) is 1. The Hall–Kier alpha value is -2.48. The molecule has 7 nitrogen and oxygen atoms in total. The van der Waals surface area contributed by atoms with Gasteiger partial charge in [-0.2, -0.15) is 21.4 Å². The maximum absolute atomic E-state index is 11.8. The van der Waals surface area contributed by atoms with Crippen LogP contribution >= 0.6 is 11.3 Å². The Bertz CT molecular complexity index is 747. The number of aromatic nitrogens is 4. The molecule has 0 aliphatic heterocycles. The first-order valence-electron chi connectivity index (χ1n) is 6.88. The smallest absolute Gasteiger partial charge is 0.246 e. The number of nitrogens with zero attached hydrogens (tertiary/aromatic N) is 4. The lowest BCUT2D eigenvalue weighted by atomic mass is 10.2. The Morgan fingerprint density at radius 3 is 3.14 bits per heavy atom. The third kappa shape index (κ3) is 3.40. The van der Waals surface area contributed by atoms with Gasteiger partial charge in [-0.25, -0.2) is 0 Å². The molecular weight excluding hydrogens is 302 g/mol. The summed E-state index contributed by atoms with van der Waals surface area (Å²) in [5, 5.41) is 14.7. The highest BCUT2D eigenvalue weighted by molar-refractivity contribution is 7.07. The molecule has 0 unspecified atom stereocenters. The van der Waals surface area contributed by atoms with E-state index in [0.29, 0.717) is 18.1 Å². The normalized spacial score (nSPS) is 10.8. The number of carbonyl (C=O) groups is 1. The SMILES string of the molecule is CCn1cc(-c2noc(CNC(=O)Cc3ccsc3)n2)cn1. The maximum atomic E-state index is 11.8. The van der Waals surface area contributed by atoms with E-state index in [1.165, 1.54) is 0 Å². The fraction of sp³-hybridized carbons (Fsp3) is 0.286. The molecule has 0 radical (unpaired) electrons. The molecule has 0 spiro atoms. The summed E-state index contributed by atoms with van der Waals surface area (Å²) >= 11 is 1.57. The third-order valence-corrected chi connectivity index (χ3v) is 3.80. The topological polar surface area (TPSA) is 85.8 Å². The van der Waals surface area contributed by atoms with Crippen molar-refractivity contribution in [3.63, 3.8) is 0 Å². The lowest BCUT2D eigenvalue weighted by Crippen LogP contribution is -2.24. The number of carbonyl (C=O) groups excluding carboxylic acids is 1. The van der Waals surface area contributed by atoms with E-state index in [-0.39, 0.29) is 12.5 Å². The highest BCUT2D eigenvalue weighted by Gasteiger charge is 2.11. The molecule has 114 valence electrons. The highest BCUT2D eigenvalue weighted by atomic mass is 32.1. The summed E-state index contributed by atoms with van der Waals surface area (Å²) < 4.78 is 6.92. The molecular formula is C14H15N5O2S. The van der Waals surface area contributed by atoms with Crippen LogP contribution in [-0.4, -0.2) is 25.8 Å².